The average Bonchev–Trinajstić information content (AvgIpc) is 2.80. The van der Waals surface area contributed by atoms with Crippen molar-refractivity contribution >= 4 is 11.4 Å². The van der Waals surface area contributed by atoms with Crippen molar-refractivity contribution in [2.24, 2.45) is 5.41 Å². The third-order valence-electron chi connectivity index (χ3n) is 8.18. The fourth-order valence-electron chi connectivity index (χ4n) is 5.94. The van der Waals surface area contributed by atoms with E-state index >= 15 is 0 Å². The molecule has 1 aromatic rings. The van der Waals surface area contributed by atoms with Crippen molar-refractivity contribution in [3.63, 3.8) is 0 Å². The Hall–Kier alpha value is -1.26. The largest absolute Gasteiger partial charge is 0.381 e. The maximum Gasteiger partial charge on any atom is 0.0605 e. The molecule has 2 saturated heterocycles. The van der Waals surface area contributed by atoms with E-state index in [4.69, 9.17) is 4.74 Å². The van der Waals surface area contributed by atoms with Gasteiger partial charge in [-0.3, -0.25) is 4.90 Å². The number of anilines is 2. The smallest absolute Gasteiger partial charge is 0.0605 e. The summed E-state index contributed by atoms with van der Waals surface area (Å²) in [5.41, 5.74) is 5.10. The minimum absolute atomic E-state index is 0.440. The third kappa shape index (κ3) is 5.57. The number of benzene rings is 1. The van der Waals surface area contributed by atoms with Crippen LogP contribution in [0.2, 0.25) is 0 Å². The van der Waals surface area contributed by atoms with Gasteiger partial charge in [-0.05, 0) is 86.6 Å². The van der Waals surface area contributed by atoms with E-state index in [1.807, 2.05) is 7.11 Å². The number of hydrogen-bond donors (Lipinski definition) is 0. The fourth-order valence-corrected chi connectivity index (χ4v) is 5.94. The lowest BCUT2D eigenvalue weighted by atomic mass is 9.71. The van der Waals surface area contributed by atoms with Gasteiger partial charge in [-0.25, -0.2) is 0 Å². The molecule has 174 valence electrons. The summed E-state index contributed by atoms with van der Waals surface area (Å²) in [6.45, 7) is 15.4. The monoisotopic (exact) mass is 427 g/mol. The quantitative estimate of drug-likeness (QED) is 0.595. The van der Waals surface area contributed by atoms with Crippen molar-refractivity contribution in [2.45, 2.75) is 77.7 Å². The van der Waals surface area contributed by atoms with E-state index in [9.17, 15) is 0 Å². The highest BCUT2D eigenvalue weighted by Gasteiger charge is 2.31. The third-order valence-corrected chi connectivity index (χ3v) is 8.18. The van der Waals surface area contributed by atoms with Crippen molar-refractivity contribution in [2.75, 3.05) is 62.7 Å². The van der Waals surface area contributed by atoms with Crippen molar-refractivity contribution in [1.82, 2.24) is 4.90 Å². The number of hydrogen-bond acceptors (Lipinski definition) is 4. The molecule has 3 aliphatic rings. The molecule has 0 atom stereocenters. The summed E-state index contributed by atoms with van der Waals surface area (Å²) in [4.78, 5) is 7.91. The summed E-state index contributed by atoms with van der Waals surface area (Å²) in [5, 5.41) is 0. The fraction of sp³-hybridized carbons (Fsp3) is 0.778. The zero-order chi connectivity index (χ0) is 21.8. The summed E-state index contributed by atoms with van der Waals surface area (Å²) >= 11 is 0. The van der Waals surface area contributed by atoms with Crippen LogP contribution in [-0.4, -0.2) is 63.9 Å². The van der Waals surface area contributed by atoms with Crippen LogP contribution in [0.4, 0.5) is 11.4 Å². The van der Waals surface area contributed by atoms with Gasteiger partial charge in [0.25, 0.3) is 0 Å². The summed E-state index contributed by atoms with van der Waals surface area (Å²) in [5.74, 6) is 0.716. The van der Waals surface area contributed by atoms with Crippen molar-refractivity contribution in [3.8, 4) is 0 Å². The molecule has 1 aromatic carbocycles. The van der Waals surface area contributed by atoms with Gasteiger partial charge in [0.1, 0.15) is 0 Å². The maximum atomic E-state index is 5.60. The molecule has 4 rings (SSSR count). The molecule has 3 fully saturated rings. The Morgan fingerprint density at radius 2 is 1.58 bits per heavy atom. The van der Waals surface area contributed by atoms with E-state index in [-0.39, 0.29) is 0 Å². The summed E-state index contributed by atoms with van der Waals surface area (Å²) in [6.07, 6.45) is 9.37. The minimum atomic E-state index is 0.440. The van der Waals surface area contributed by atoms with Crippen molar-refractivity contribution in [3.05, 3.63) is 23.8 Å². The number of methoxy groups -OCH3 is 1. The Labute approximate surface area is 190 Å². The molecule has 0 N–H and O–H groups in total. The lowest BCUT2D eigenvalue weighted by Crippen LogP contribution is -2.47. The summed E-state index contributed by atoms with van der Waals surface area (Å²) in [7, 11) is 1.86. The van der Waals surface area contributed by atoms with Crippen LogP contribution in [0.1, 0.15) is 77.2 Å². The Kier molecular flexibility index (Phi) is 7.48. The molecule has 0 unspecified atom stereocenters. The van der Waals surface area contributed by atoms with Crippen LogP contribution >= 0.6 is 0 Å². The molecule has 2 aliphatic heterocycles. The topological polar surface area (TPSA) is 19.0 Å². The van der Waals surface area contributed by atoms with Crippen LogP contribution < -0.4 is 9.80 Å². The minimum Gasteiger partial charge on any atom is -0.381 e. The van der Waals surface area contributed by atoms with Crippen LogP contribution in [0, 0.1) is 5.41 Å². The Bertz CT molecular complexity index is 692. The van der Waals surface area contributed by atoms with Crippen LogP contribution in [0.3, 0.4) is 0 Å². The Morgan fingerprint density at radius 3 is 2.19 bits per heavy atom. The SMILES string of the molecule is CCCN1CCN(c2ccc(N3CCC(OC)CC3)cc2C2CCC(C)(C)CC2)CC1. The predicted molar refractivity (Wildman–Crippen MR) is 133 cm³/mol. The first-order valence-corrected chi connectivity index (χ1v) is 12.9. The molecule has 0 spiro atoms. The highest BCUT2D eigenvalue weighted by Crippen LogP contribution is 2.45. The predicted octanol–water partition coefficient (Wildman–Crippen LogP) is 5.52. The second-order valence-electron chi connectivity index (χ2n) is 10.9. The molecule has 4 nitrogen and oxygen atoms in total. The Morgan fingerprint density at radius 1 is 0.903 bits per heavy atom. The van der Waals surface area contributed by atoms with Crippen LogP contribution in [0.5, 0.6) is 0 Å². The molecule has 0 aromatic heterocycles. The van der Waals surface area contributed by atoms with Crippen LogP contribution in [0.25, 0.3) is 0 Å². The van der Waals surface area contributed by atoms with E-state index in [1.165, 1.54) is 76.2 Å². The van der Waals surface area contributed by atoms with Gasteiger partial charge in [0, 0.05) is 57.8 Å². The number of ether oxygens (including phenoxy) is 1. The zero-order valence-corrected chi connectivity index (χ0v) is 20.5. The summed E-state index contributed by atoms with van der Waals surface area (Å²) in [6, 6.07) is 7.43. The van der Waals surface area contributed by atoms with Gasteiger partial charge >= 0.3 is 0 Å². The number of piperazine rings is 1. The number of nitrogens with zero attached hydrogens (tertiary/aromatic N) is 3. The molecular weight excluding hydrogens is 382 g/mol. The van der Waals surface area contributed by atoms with E-state index in [1.54, 1.807) is 5.56 Å². The molecule has 1 saturated carbocycles. The Balaban J connectivity index is 1.54. The van der Waals surface area contributed by atoms with Crippen LogP contribution in [-0.2, 0) is 4.74 Å². The first-order chi connectivity index (χ1) is 15.0. The van der Waals surface area contributed by atoms with E-state index in [2.05, 4.69) is 53.7 Å². The van der Waals surface area contributed by atoms with Gasteiger partial charge in [0.15, 0.2) is 0 Å². The van der Waals surface area contributed by atoms with Gasteiger partial charge in [-0.15, -0.1) is 0 Å². The second-order valence-corrected chi connectivity index (χ2v) is 10.9. The van der Waals surface area contributed by atoms with Crippen molar-refractivity contribution in [1.29, 1.82) is 0 Å². The molecule has 4 heteroatoms. The van der Waals surface area contributed by atoms with Gasteiger partial charge in [-0.2, -0.15) is 0 Å². The van der Waals surface area contributed by atoms with E-state index in [0.717, 1.165) is 25.9 Å². The molecule has 2 heterocycles. The molecule has 1 aliphatic carbocycles. The van der Waals surface area contributed by atoms with E-state index < -0.39 is 0 Å². The standard InChI is InChI=1S/C27H45N3O/c1-5-14-28-17-19-30(20-18-28)26-7-6-23(29-15-10-24(31-4)11-16-29)21-25(26)22-8-12-27(2,3)13-9-22/h6-7,21-22,24H,5,8-20H2,1-4H3. The lowest BCUT2D eigenvalue weighted by molar-refractivity contribution is 0.0819. The van der Waals surface area contributed by atoms with Crippen LogP contribution in [0.15, 0.2) is 18.2 Å². The molecule has 0 amide bonds. The first-order valence-electron chi connectivity index (χ1n) is 12.9. The van der Waals surface area contributed by atoms with Gasteiger partial charge in [0.05, 0.1) is 6.10 Å². The molecule has 0 radical (unpaired) electrons. The van der Waals surface area contributed by atoms with E-state index in [0.29, 0.717) is 17.4 Å². The molecule has 31 heavy (non-hydrogen) atoms. The van der Waals surface area contributed by atoms with Gasteiger partial charge < -0.3 is 14.5 Å². The van der Waals surface area contributed by atoms with Gasteiger partial charge in [0.2, 0.25) is 0 Å². The maximum absolute atomic E-state index is 5.60. The normalized spacial score (nSPS) is 24.0. The van der Waals surface area contributed by atoms with Gasteiger partial charge in [-0.1, -0.05) is 20.8 Å². The lowest BCUT2D eigenvalue weighted by Gasteiger charge is -2.40. The molecular formula is C27H45N3O. The second kappa shape index (κ2) is 10.1. The number of rotatable bonds is 6. The average molecular weight is 428 g/mol. The highest BCUT2D eigenvalue weighted by molar-refractivity contribution is 5.63. The zero-order valence-electron chi connectivity index (χ0n) is 20.5. The highest BCUT2D eigenvalue weighted by atomic mass is 16.5. The van der Waals surface area contributed by atoms with Crippen molar-refractivity contribution < 1.29 is 4.74 Å². The number of piperidine rings is 1. The molecule has 0 bridgehead atoms. The first kappa shape index (κ1) is 22.9. The summed E-state index contributed by atoms with van der Waals surface area (Å²) < 4.78 is 5.60.